The second-order valence-corrected chi connectivity index (χ2v) is 9.75. The summed E-state index contributed by atoms with van der Waals surface area (Å²) < 4.78 is 59.1. The predicted molar refractivity (Wildman–Crippen MR) is 123 cm³/mol. The zero-order valence-corrected chi connectivity index (χ0v) is 19.4. The Morgan fingerprint density at radius 1 is 1.19 bits per heavy atom. The normalized spacial score (nSPS) is 12.0. The third-order valence-corrected chi connectivity index (χ3v) is 7.01. The first-order chi connectivity index (χ1) is 17.1. The number of amides is 1. The molecule has 2 N–H and O–H groups in total. The van der Waals surface area contributed by atoms with Crippen molar-refractivity contribution in [2.24, 2.45) is 5.73 Å². The standard InChI is InChI=1S/C22H17F2N7O4S/c1-12-14-9-27-16(15-10-28-30-6-2-5-26-21(15)30)8-17(14)31(29-12)18-7-13(36(33,34)11-20(25)32)3-4-19(18)35-22(23)24/h2-10,22H,11H2,1H3,(H2,25,32). The van der Waals surface area contributed by atoms with E-state index in [0.29, 0.717) is 33.5 Å². The van der Waals surface area contributed by atoms with E-state index >= 15 is 0 Å². The number of fused-ring (bicyclic) bond motifs is 2. The summed E-state index contributed by atoms with van der Waals surface area (Å²) in [6.45, 7) is -1.49. The molecule has 0 unspecified atom stereocenters. The fraction of sp³-hybridized carbons (Fsp3) is 0.136. The van der Waals surface area contributed by atoms with E-state index in [1.165, 1.54) is 4.68 Å². The lowest BCUT2D eigenvalue weighted by Gasteiger charge is -2.14. The number of alkyl halides is 2. The number of hydrogen-bond donors (Lipinski definition) is 1. The van der Waals surface area contributed by atoms with Crippen molar-refractivity contribution < 1.29 is 26.7 Å². The van der Waals surface area contributed by atoms with Gasteiger partial charge in [0.25, 0.3) is 0 Å². The highest BCUT2D eigenvalue weighted by Gasteiger charge is 2.23. The molecule has 5 rings (SSSR count). The van der Waals surface area contributed by atoms with Crippen molar-refractivity contribution >= 4 is 32.3 Å². The Labute approximate surface area is 202 Å². The van der Waals surface area contributed by atoms with Crippen molar-refractivity contribution in [1.82, 2.24) is 29.4 Å². The molecule has 0 saturated carbocycles. The number of aromatic nitrogens is 6. The van der Waals surface area contributed by atoms with Crippen LogP contribution in [0.15, 0.2) is 60.0 Å². The summed E-state index contributed by atoms with van der Waals surface area (Å²) >= 11 is 0. The number of aryl methyl sites for hydroxylation is 1. The number of halogens is 2. The van der Waals surface area contributed by atoms with Crippen molar-refractivity contribution in [2.45, 2.75) is 18.4 Å². The number of hydrogen-bond acceptors (Lipinski definition) is 8. The molecule has 5 aromatic rings. The van der Waals surface area contributed by atoms with E-state index in [0.717, 1.165) is 18.2 Å². The van der Waals surface area contributed by atoms with Crippen LogP contribution in [-0.4, -0.2) is 56.1 Å². The highest BCUT2D eigenvalue weighted by Crippen LogP contribution is 2.33. The van der Waals surface area contributed by atoms with Crippen LogP contribution < -0.4 is 10.5 Å². The molecule has 0 aliphatic heterocycles. The second kappa shape index (κ2) is 8.64. The molecular weight excluding hydrogens is 496 g/mol. The third-order valence-electron chi connectivity index (χ3n) is 5.37. The molecule has 184 valence electrons. The fourth-order valence-corrected chi connectivity index (χ4v) is 4.93. The number of carbonyl (C=O) groups excluding carboxylic acids is 1. The first kappa shape index (κ1) is 23.3. The van der Waals surface area contributed by atoms with E-state index in [4.69, 9.17) is 5.73 Å². The number of benzene rings is 1. The van der Waals surface area contributed by atoms with Crippen LogP contribution in [0.3, 0.4) is 0 Å². The SMILES string of the molecule is Cc1nn(-c2cc(S(=O)(=O)CC(N)=O)ccc2OC(F)F)c2cc(-c3cnn4cccnc34)ncc12. The molecule has 1 aromatic carbocycles. The minimum Gasteiger partial charge on any atom is -0.433 e. The van der Waals surface area contributed by atoms with Gasteiger partial charge in [-0.3, -0.25) is 9.78 Å². The number of primary amides is 1. The van der Waals surface area contributed by atoms with Gasteiger partial charge in [-0.05, 0) is 37.3 Å². The van der Waals surface area contributed by atoms with Gasteiger partial charge in [0.2, 0.25) is 5.91 Å². The van der Waals surface area contributed by atoms with E-state index in [1.807, 2.05) is 0 Å². The Kier molecular flexibility index (Phi) is 5.59. The van der Waals surface area contributed by atoms with Gasteiger partial charge in [0, 0.05) is 24.0 Å². The zero-order chi connectivity index (χ0) is 25.6. The highest BCUT2D eigenvalue weighted by atomic mass is 32.2. The van der Waals surface area contributed by atoms with Gasteiger partial charge < -0.3 is 10.5 Å². The summed E-state index contributed by atoms with van der Waals surface area (Å²) in [5.74, 6) is -2.32. The van der Waals surface area contributed by atoms with Crippen molar-refractivity contribution in [2.75, 3.05) is 5.75 Å². The van der Waals surface area contributed by atoms with Gasteiger partial charge in [-0.2, -0.15) is 19.0 Å². The van der Waals surface area contributed by atoms with Gasteiger partial charge in [-0.1, -0.05) is 0 Å². The predicted octanol–water partition coefficient (Wildman–Crippen LogP) is 2.30. The number of sulfone groups is 1. The van der Waals surface area contributed by atoms with Crippen LogP contribution in [0.25, 0.3) is 33.5 Å². The molecule has 0 bridgehead atoms. The Bertz CT molecular complexity index is 1750. The molecule has 11 nitrogen and oxygen atoms in total. The fourth-order valence-electron chi connectivity index (χ4n) is 3.82. The second-order valence-electron chi connectivity index (χ2n) is 7.76. The molecule has 1 amide bonds. The third kappa shape index (κ3) is 4.11. The number of rotatable bonds is 7. The van der Waals surface area contributed by atoms with Gasteiger partial charge in [0.05, 0.1) is 33.6 Å². The largest absolute Gasteiger partial charge is 0.433 e. The summed E-state index contributed by atoms with van der Waals surface area (Å²) in [7, 11) is -4.14. The maximum Gasteiger partial charge on any atom is 0.387 e. The van der Waals surface area contributed by atoms with E-state index in [9.17, 15) is 22.0 Å². The first-order valence-electron chi connectivity index (χ1n) is 10.4. The lowest BCUT2D eigenvalue weighted by molar-refractivity contribution is -0.115. The summed E-state index contributed by atoms with van der Waals surface area (Å²) in [4.78, 5) is 19.8. The molecule has 4 aromatic heterocycles. The van der Waals surface area contributed by atoms with Crippen LogP contribution in [0.4, 0.5) is 8.78 Å². The van der Waals surface area contributed by atoms with Gasteiger partial charge in [-0.25, -0.2) is 22.6 Å². The Balaban J connectivity index is 1.73. The molecule has 14 heteroatoms. The molecule has 0 fully saturated rings. The van der Waals surface area contributed by atoms with Crippen LogP contribution in [0.1, 0.15) is 5.69 Å². The van der Waals surface area contributed by atoms with Gasteiger partial charge >= 0.3 is 6.61 Å². The van der Waals surface area contributed by atoms with Gasteiger partial charge in [-0.15, -0.1) is 0 Å². The Morgan fingerprint density at radius 2 is 2.00 bits per heavy atom. The monoisotopic (exact) mass is 513 g/mol. The van der Waals surface area contributed by atoms with Crippen molar-refractivity contribution in [3.05, 3.63) is 60.8 Å². The van der Waals surface area contributed by atoms with Crippen molar-refractivity contribution in [3.8, 4) is 22.7 Å². The van der Waals surface area contributed by atoms with Gasteiger partial charge in [0.15, 0.2) is 21.2 Å². The number of nitrogens with zero attached hydrogens (tertiary/aromatic N) is 6. The summed E-state index contributed by atoms with van der Waals surface area (Å²) in [5, 5.41) is 9.27. The van der Waals surface area contributed by atoms with Crippen LogP contribution in [0.5, 0.6) is 5.75 Å². The molecular formula is C22H17F2N7O4S. The van der Waals surface area contributed by atoms with Crippen LogP contribution in [-0.2, 0) is 14.6 Å². The average Bonchev–Trinajstić information content (AvgIpc) is 3.39. The lowest BCUT2D eigenvalue weighted by atomic mass is 10.1. The quantitative estimate of drug-likeness (QED) is 0.349. The Hall–Kier alpha value is -4.46. The summed E-state index contributed by atoms with van der Waals surface area (Å²) in [6, 6.07) is 6.64. The molecule has 0 aliphatic carbocycles. The highest BCUT2D eigenvalue weighted by molar-refractivity contribution is 7.92. The van der Waals surface area contributed by atoms with E-state index in [-0.39, 0.29) is 16.3 Å². The topological polar surface area (TPSA) is 147 Å². The molecule has 0 atom stereocenters. The van der Waals surface area contributed by atoms with Gasteiger partial charge in [0.1, 0.15) is 11.4 Å². The van der Waals surface area contributed by atoms with Crippen molar-refractivity contribution in [3.63, 3.8) is 0 Å². The molecule has 0 spiro atoms. The lowest BCUT2D eigenvalue weighted by Crippen LogP contribution is -2.23. The minimum absolute atomic E-state index is 0.0749. The molecule has 4 heterocycles. The van der Waals surface area contributed by atoms with E-state index in [2.05, 4.69) is 24.9 Å². The van der Waals surface area contributed by atoms with Crippen LogP contribution in [0.2, 0.25) is 0 Å². The number of pyridine rings is 1. The average molecular weight is 513 g/mol. The van der Waals surface area contributed by atoms with Crippen LogP contribution in [0, 0.1) is 6.92 Å². The smallest absolute Gasteiger partial charge is 0.387 e. The Morgan fingerprint density at radius 3 is 2.75 bits per heavy atom. The summed E-state index contributed by atoms with van der Waals surface area (Å²) in [5.41, 5.74) is 7.58. The zero-order valence-electron chi connectivity index (χ0n) is 18.5. The van der Waals surface area contributed by atoms with E-state index in [1.54, 1.807) is 48.4 Å². The maximum atomic E-state index is 13.2. The van der Waals surface area contributed by atoms with Crippen LogP contribution >= 0.6 is 0 Å². The van der Waals surface area contributed by atoms with Crippen molar-refractivity contribution in [1.29, 1.82) is 0 Å². The summed E-state index contributed by atoms with van der Waals surface area (Å²) in [6.07, 6.45) is 6.49. The number of ether oxygens (including phenoxy) is 1. The number of carbonyl (C=O) groups is 1. The minimum atomic E-state index is -4.14. The molecule has 0 saturated heterocycles. The maximum absolute atomic E-state index is 13.2. The molecule has 0 aliphatic rings. The molecule has 0 radical (unpaired) electrons. The number of nitrogens with two attached hydrogens (primary N) is 1. The first-order valence-corrected chi connectivity index (χ1v) is 12.0. The molecule has 36 heavy (non-hydrogen) atoms. The van der Waals surface area contributed by atoms with E-state index < -0.39 is 28.1 Å².